The standard InChI is InChI=1S/C20H28O4/c1-13(2)20(10-8-14(3)9-11-20)17-7-6-15(18(21)23-4)12-16(17)19(22)24-5/h6-7,12-14H,8-11H2,1-5H3. The molecule has 0 bridgehead atoms. The van der Waals surface area contributed by atoms with Crippen LogP contribution in [0.4, 0.5) is 0 Å². The lowest BCUT2D eigenvalue weighted by Crippen LogP contribution is -2.38. The zero-order valence-electron chi connectivity index (χ0n) is 15.3. The quantitative estimate of drug-likeness (QED) is 0.769. The fourth-order valence-electron chi connectivity index (χ4n) is 3.94. The molecule has 2 rings (SSSR count). The Kier molecular flexibility index (Phi) is 5.68. The van der Waals surface area contributed by atoms with Crippen molar-refractivity contribution in [2.75, 3.05) is 14.2 Å². The van der Waals surface area contributed by atoms with E-state index in [2.05, 4.69) is 20.8 Å². The molecule has 132 valence electrons. The van der Waals surface area contributed by atoms with Gasteiger partial charge in [0.15, 0.2) is 0 Å². The predicted octanol–water partition coefficient (Wildman–Crippen LogP) is 4.36. The van der Waals surface area contributed by atoms with Crippen LogP contribution in [0.3, 0.4) is 0 Å². The number of carbonyl (C=O) groups is 2. The van der Waals surface area contributed by atoms with Crippen LogP contribution in [0, 0.1) is 11.8 Å². The third kappa shape index (κ3) is 3.33. The Morgan fingerprint density at radius 1 is 1.08 bits per heavy atom. The van der Waals surface area contributed by atoms with Crippen molar-refractivity contribution in [2.45, 2.75) is 51.9 Å². The van der Waals surface area contributed by atoms with E-state index in [4.69, 9.17) is 9.47 Å². The van der Waals surface area contributed by atoms with Gasteiger partial charge in [-0.25, -0.2) is 9.59 Å². The number of esters is 2. The summed E-state index contributed by atoms with van der Waals surface area (Å²) < 4.78 is 9.78. The minimum Gasteiger partial charge on any atom is -0.465 e. The molecule has 0 aromatic heterocycles. The summed E-state index contributed by atoms with van der Waals surface area (Å²) in [7, 11) is 2.72. The Morgan fingerprint density at radius 2 is 1.67 bits per heavy atom. The Morgan fingerprint density at radius 3 is 2.17 bits per heavy atom. The van der Waals surface area contributed by atoms with Gasteiger partial charge >= 0.3 is 11.9 Å². The van der Waals surface area contributed by atoms with Gasteiger partial charge in [0.25, 0.3) is 0 Å². The van der Waals surface area contributed by atoms with E-state index in [1.807, 2.05) is 6.07 Å². The third-order valence-electron chi connectivity index (χ3n) is 5.65. The fraction of sp³-hybridized carbons (Fsp3) is 0.600. The molecule has 0 spiro atoms. The summed E-state index contributed by atoms with van der Waals surface area (Å²) in [6.07, 6.45) is 4.40. The molecule has 0 N–H and O–H groups in total. The summed E-state index contributed by atoms with van der Waals surface area (Å²) >= 11 is 0. The van der Waals surface area contributed by atoms with Crippen LogP contribution in [0.15, 0.2) is 18.2 Å². The van der Waals surface area contributed by atoms with Crippen molar-refractivity contribution in [2.24, 2.45) is 11.8 Å². The minimum absolute atomic E-state index is 0.0509. The van der Waals surface area contributed by atoms with Crippen molar-refractivity contribution in [1.29, 1.82) is 0 Å². The third-order valence-corrected chi connectivity index (χ3v) is 5.65. The topological polar surface area (TPSA) is 52.6 Å². The summed E-state index contributed by atoms with van der Waals surface area (Å²) in [6, 6.07) is 5.30. The van der Waals surface area contributed by atoms with Crippen LogP contribution < -0.4 is 0 Å². The first-order valence-electron chi connectivity index (χ1n) is 8.67. The first-order chi connectivity index (χ1) is 11.4. The number of hydrogen-bond acceptors (Lipinski definition) is 4. The van der Waals surface area contributed by atoms with E-state index in [1.165, 1.54) is 14.2 Å². The smallest absolute Gasteiger partial charge is 0.338 e. The maximum atomic E-state index is 12.4. The molecule has 0 saturated heterocycles. The maximum absolute atomic E-state index is 12.4. The molecule has 1 aliphatic carbocycles. The summed E-state index contributed by atoms with van der Waals surface area (Å²) in [5.41, 5.74) is 1.82. The van der Waals surface area contributed by atoms with Gasteiger partial charge in [-0.1, -0.05) is 26.8 Å². The van der Waals surface area contributed by atoms with Crippen molar-refractivity contribution in [3.05, 3.63) is 34.9 Å². The summed E-state index contributed by atoms with van der Waals surface area (Å²) in [5, 5.41) is 0. The van der Waals surface area contributed by atoms with Crippen LogP contribution in [0.5, 0.6) is 0 Å². The van der Waals surface area contributed by atoms with Crippen molar-refractivity contribution in [1.82, 2.24) is 0 Å². The number of methoxy groups -OCH3 is 2. The molecule has 0 aliphatic heterocycles. The van der Waals surface area contributed by atoms with Gasteiger partial charge < -0.3 is 9.47 Å². The lowest BCUT2D eigenvalue weighted by atomic mass is 9.60. The molecular formula is C20H28O4. The van der Waals surface area contributed by atoms with E-state index in [0.717, 1.165) is 31.2 Å². The molecule has 0 amide bonds. The summed E-state index contributed by atoms with van der Waals surface area (Å²) in [6.45, 7) is 6.71. The summed E-state index contributed by atoms with van der Waals surface area (Å²) in [4.78, 5) is 24.2. The van der Waals surface area contributed by atoms with Gasteiger partial charge in [-0.2, -0.15) is 0 Å². The van der Waals surface area contributed by atoms with E-state index in [9.17, 15) is 9.59 Å². The van der Waals surface area contributed by atoms with Gasteiger partial charge in [0.1, 0.15) is 0 Å². The highest BCUT2D eigenvalue weighted by Crippen LogP contribution is 2.47. The second-order valence-corrected chi connectivity index (χ2v) is 7.24. The van der Waals surface area contributed by atoms with Gasteiger partial charge in [0.05, 0.1) is 25.3 Å². The molecule has 0 unspecified atom stereocenters. The highest BCUT2D eigenvalue weighted by atomic mass is 16.5. The van der Waals surface area contributed by atoms with Gasteiger partial charge in [-0.05, 0) is 60.6 Å². The Labute approximate surface area is 144 Å². The Hall–Kier alpha value is -1.84. The van der Waals surface area contributed by atoms with Crippen LogP contribution >= 0.6 is 0 Å². The molecule has 1 aliphatic rings. The minimum atomic E-state index is -0.442. The number of benzene rings is 1. The zero-order chi connectivity index (χ0) is 17.9. The van der Waals surface area contributed by atoms with Crippen LogP contribution in [-0.4, -0.2) is 26.2 Å². The first-order valence-corrected chi connectivity index (χ1v) is 8.67. The first kappa shape index (κ1) is 18.5. The molecule has 0 heterocycles. The number of carbonyl (C=O) groups excluding carboxylic acids is 2. The Balaban J connectivity index is 2.58. The molecule has 1 fully saturated rings. The van der Waals surface area contributed by atoms with Gasteiger partial charge in [-0.15, -0.1) is 0 Å². The molecule has 0 radical (unpaired) electrons. The van der Waals surface area contributed by atoms with E-state index >= 15 is 0 Å². The second kappa shape index (κ2) is 7.37. The van der Waals surface area contributed by atoms with E-state index < -0.39 is 11.9 Å². The lowest BCUT2D eigenvalue weighted by molar-refractivity contribution is 0.0593. The van der Waals surface area contributed by atoms with Gasteiger partial charge in [-0.3, -0.25) is 0 Å². The van der Waals surface area contributed by atoms with Crippen molar-refractivity contribution in [3.63, 3.8) is 0 Å². The highest BCUT2D eigenvalue weighted by Gasteiger charge is 2.41. The van der Waals surface area contributed by atoms with Crippen LogP contribution in [0.1, 0.15) is 72.7 Å². The maximum Gasteiger partial charge on any atom is 0.338 e. The second-order valence-electron chi connectivity index (χ2n) is 7.24. The molecule has 1 saturated carbocycles. The Bertz CT molecular complexity index is 610. The van der Waals surface area contributed by atoms with Crippen LogP contribution in [-0.2, 0) is 14.9 Å². The van der Waals surface area contributed by atoms with Crippen molar-refractivity contribution < 1.29 is 19.1 Å². The average molecular weight is 332 g/mol. The monoisotopic (exact) mass is 332 g/mol. The molecule has 0 atom stereocenters. The van der Waals surface area contributed by atoms with Crippen LogP contribution in [0.2, 0.25) is 0 Å². The number of hydrogen-bond donors (Lipinski definition) is 0. The number of ether oxygens (including phenoxy) is 2. The zero-order valence-corrected chi connectivity index (χ0v) is 15.3. The normalized spacial score (nSPS) is 23.8. The molecular weight excluding hydrogens is 304 g/mol. The van der Waals surface area contributed by atoms with E-state index in [-0.39, 0.29) is 5.41 Å². The van der Waals surface area contributed by atoms with E-state index in [0.29, 0.717) is 23.0 Å². The molecule has 4 heteroatoms. The van der Waals surface area contributed by atoms with Crippen molar-refractivity contribution >= 4 is 11.9 Å². The summed E-state index contributed by atoms with van der Waals surface area (Å²) in [5.74, 6) is 0.280. The fourth-order valence-corrected chi connectivity index (χ4v) is 3.94. The highest BCUT2D eigenvalue weighted by molar-refractivity contribution is 5.96. The lowest BCUT2D eigenvalue weighted by Gasteiger charge is -2.44. The SMILES string of the molecule is COC(=O)c1ccc(C2(C(C)C)CCC(C)CC2)c(C(=O)OC)c1. The molecule has 1 aromatic carbocycles. The van der Waals surface area contributed by atoms with Crippen LogP contribution in [0.25, 0.3) is 0 Å². The largest absolute Gasteiger partial charge is 0.465 e. The average Bonchev–Trinajstić information content (AvgIpc) is 2.60. The van der Waals surface area contributed by atoms with Crippen molar-refractivity contribution in [3.8, 4) is 0 Å². The van der Waals surface area contributed by atoms with Gasteiger partial charge in [0, 0.05) is 0 Å². The molecule has 1 aromatic rings. The van der Waals surface area contributed by atoms with Gasteiger partial charge in [0.2, 0.25) is 0 Å². The molecule has 4 nitrogen and oxygen atoms in total. The van der Waals surface area contributed by atoms with E-state index in [1.54, 1.807) is 12.1 Å². The predicted molar refractivity (Wildman–Crippen MR) is 93.3 cm³/mol. The molecule has 24 heavy (non-hydrogen) atoms. The number of rotatable bonds is 4.